The molecule has 60 valence electrons. The van der Waals surface area contributed by atoms with E-state index in [-0.39, 0.29) is 0 Å². The van der Waals surface area contributed by atoms with Crippen LogP contribution in [0.5, 0.6) is 0 Å². The molecule has 1 rings (SSSR count). The summed E-state index contributed by atoms with van der Waals surface area (Å²) in [5.74, 6) is 3.46. The maximum atomic E-state index is 3.53. The molecule has 1 nitrogen and oxygen atoms in total. The molecule has 1 unspecified atom stereocenters. The molecule has 0 saturated carbocycles. The van der Waals surface area contributed by atoms with Crippen LogP contribution < -0.4 is 5.32 Å². The van der Waals surface area contributed by atoms with E-state index in [1.165, 1.54) is 24.5 Å². The highest BCUT2D eigenvalue weighted by molar-refractivity contribution is 7.99. The summed E-state index contributed by atoms with van der Waals surface area (Å²) in [5.41, 5.74) is 0. The first kappa shape index (κ1) is 8.41. The predicted octanol–water partition coefficient (Wildman–Crippen LogP) is 1.74. The molecule has 1 atom stereocenters. The van der Waals surface area contributed by atoms with Crippen LogP contribution in [0.3, 0.4) is 0 Å². The second-order valence-electron chi connectivity index (χ2n) is 3.36. The lowest BCUT2D eigenvalue weighted by Crippen LogP contribution is -2.38. The van der Waals surface area contributed by atoms with Gasteiger partial charge in [-0.25, -0.2) is 0 Å². The Bertz CT molecular complexity index is 87.3. The van der Waals surface area contributed by atoms with Gasteiger partial charge >= 0.3 is 0 Å². The van der Waals surface area contributed by atoms with E-state index in [0.717, 1.165) is 12.0 Å². The lowest BCUT2D eigenvalue weighted by atomic mass is 10.1. The molecular formula is C8H17NS. The fourth-order valence-electron chi connectivity index (χ4n) is 1.34. The summed E-state index contributed by atoms with van der Waals surface area (Å²) in [6.07, 6.45) is 1.34. The Morgan fingerprint density at radius 1 is 1.60 bits per heavy atom. The van der Waals surface area contributed by atoms with Gasteiger partial charge in [0.15, 0.2) is 0 Å². The van der Waals surface area contributed by atoms with Crippen LogP contribution in [0.2, 0.25) is 0 Å². The Morgan fingerprint density at radius 3 is 2.90 bits per heavy atom. The molecule has 0 amide bonds. The Balaban J connectivity index is 2.13. The molecule has 0 aliphatic carbocycles. The molecule has 0 radical (unpaired) electrons. The fourth-order valence-corrected chi connectivity index (χ4v) is 2.31. The smallest absolute Gasteiger partial charge is 0.0160 e. The largest absolute Gasteiger partial charge is 0.312 e. The van der Waals surface area contributed by atoms with E-state index in [1.807, 2.05) is 0 Å². The standard InChI is InChI=1S/C8H17NS/c1-7(2)5-8-6-10-4-3-9-8/h7-9H,3-6H2,1-2H3. The molecule has 1 saturated heterocycles. The summed E-state index contributed by atoms with van der Waals surface area (Å²) in [6.45, 7) is 5.80. The van der Waals surface area contributed by atoms with E-state index in [9.17, 15) is 0 Å². The van der Waals surface area contributed by atoms with Crippen LogP contribution in [-0.4, -0.2) is 24.1 Å². The third-order valence-electron chi connectivity index (χ3n) is 1.75. The first-order chi connectivity index (χ1) is 4.79. The average molecular weight is 159 g/mol. The van der Waals surface area contributed by atoms with Crippen LogP contribution >= 0.6 is 11.8 Å². The molecule has 0 bridgehead atoms. The van der Waals surface area contributed by atoms with Gasteiger partial charge in [-0.1, -0.05) is 13.8 Å². The first-order valence-corrected chi connectivity index (χ1v) is 5.25. The van der Waals surface area contributed by atoms with Gasteiger partial charge in [-0.15, -0.1) is 0 Å². The normalized spacial score (nSPS) is 27.3. The molecule has 1 N–H and O–H groups in total. The Labute approximate surface area is 68.0 Å². The number of rotatable bonds is 2. The monoisotopic (exact) mass is 159 g/mol. The second-order valence-corrected chi connectivity index (χ2v) is 4.51. The summed E-state index contributed by atoms with van der Waals surface area (Å²) in [4.78, 5) is 0. The topological polar surface area (TPSA) is 12.0 Å². The van der Waals surface area contributed by atoms with Crippen molar-refractivity contribution >= 4 is 11.8 Å². The summed E-state index contributed by atoms with van der Waals surface area (Å²) in [7, 11) is 0. The number of thioether (sulfide) groups is 1. The number of hydrogen-bond acceptors (Lipinski definition) is 2. The zero-order valence-corrected chi connectivity index (χ0v) is 7.71. The molecule has 0 aromatic heterocycles. The molecule has 2 heteroatoms. The summed E-state index contributed by atoms with van der Waals surface area (Å²) < 4.78 is 0. The van der Waals surface area contributed by atoms with Gasteiger partial charge in [0.25, 0.3) is 0 Å². The van der Waals surface area contributed by atoms with E-state index in [4.69, 9.17) is 0 Å². The van der Waals surface area contributed by atoms with Crippen LogP contribution in [0, 0.1) is 5.92 Å². The van der Waals surface area contributed by atoms with Gasteiger partial charge in [-0.2, -0.15) is 11.8 Å². The Hall–Kier alpha value is 0.310. The minimum absolute atomic E-state index is 0.791. The van der Waals surface area contributed by atoms with Gasteiger partial charge in [0, 0.05) is 24.1 Å². The lowest BCUT2D eigenvalue weighted by Gasteiger charge is -2.24. The molecule has 1 heterocycles. The SMILES string of the molecule is CC(C)CC1CSCCN1. The minimum atomic E-state index is 0.791. The quantitative estimate of drug-likeness (QED) is 0.658. The van der Waals surface area contributed by atoms with E-state index in [2.05, 4.69) is 30.9 Å². The fraction of sp³-hybridized carbons (Fsp3) is 1.00. The van der Waals surface area contributed by atoms with Gasteiger partial charge < -0.3 is 5.32 Å². The first-order valence-electron chi connectivity index (χ1n) is 4.10. The van der Waals surface area contributed by atoms with Crippen molar-refractivity contribution in [2.24, 2.45) is 5.92 Å². The summed E-state index contributed by atoms with van der Waals surface area (Å²) in [5, 5.41) is 3.53. The van der Waals surface area contributed by atoms with Crippen molar-refractivity contribution in [3.63, 3.8) is 0 Å². The molecule has 1 aliphatic rings. The van der Waals surface area contributed by atoms with Gasteiger partial charge in [0.1, 0.15) is 0 Å². The zero-order valence-electron chi connectivity index (χ0n) is 6.89. The lowest BCUT2D eigenvalue weighted by molar-refractivity contribution is 0.451. The van der Waals surface area contributed by atoms with Crippen LogP contribution in [0.25, 0.3) is 0 Å². The molecule has 0 aromatic carbocycles. The third-order valence-corrected chi connectivity index (χ3v) is 2.89. The second kappa shape index (κ2) is 4.24. The van der Waals surface area contributed by atoms with Crippen LogP contribution in [-0.2, 0) is 0 Å². The summed E-state index contributed by atoms with van der Waals surface area (Å²) in [6, 6.07) is 0.791. The van der Waals surface area contributed by atoms with Gasteiger partial charge in [0.2, 0.25) is 0 Å². The highest BCUT2D eigenvalue weighted by atomic mass is 32.2. The highest BCUT2D eigenvalue weighted by Crippen LogP contribution is 2.13. The minimum Gasteiger partial charge on any atom is -0.312 e. The van der Waals surface area contributed by atoms with Crippen LogP contribution in [0.1, 0.15) is 20.3 Å². The van der Waals surface area contributed by atoms with Gasteiger partial charge in [-0.05, 0) is 12.3 Å². The average Bonchev–Trinajstić information content (AvgIpc) is 1.88. The van der Waals surface area contributed by atoms with E-state index < -0.39 is 0 Å². The molecule has 0 spiro atoms. The van der Waals surface area contributed by atoms with Crippen molar-refractivity contribution in [3.8, 4) is 0 Å². The maximum absolute atomic E-state index is 3.53. The van der Waals surface area contributed by atoms with Gasteiger partial charge in [0.05, 0.1) is 0 Å². The molecule has 1 fully saturated rings. The number of hydrogen-bond donors (Lipinski definition) is 1. The molecule has 0 aromatic rings. The van der Waals surface area contributed by atoms with Crippen molar-refractivity contribution in [2.45, 2.75) is 26.3 Å². The van der Waals surface area contributed by atoms with Crippen LogP contribution in [0.15, 0.2) is 0 Å². The van der Waals surface area contributed by atoms with Gasteiger partial charge in [-0.3, -0.25) is 0 Å². The number of nitrogens with one attached hydrogen (secondary N) is 1. The van der Waals surface area contributed by atoms with Crippen LogP contribution in [0.4, 0.5) is 0 Å². The highest BCUT2D eigenvalue weighted by Gasteiger charge is 2.13. The van der Waals surface area contributed by atoms with E-state index in [0.29, 0.717) is 0 Å². The zero-order chi connectivity index (χ0) is 7.40. The predicted molar refractivity (Wildman–Crippen MR) is 48.6 cm³/mol. The van der Waals surface area contributed by atoms with Crippen molar-refractivity contribution in [1.82, 2.24) is 5.32 Å². The van der Waals surface area contributed by atoms with Crippen molar-refractivity contribution in [2.75, 3.05) is 18.1 Å². The van der Waals surface area contributed by atoms with Crippen molar-refractivity contribution in [3.05, 3.63) is 0 Å². The molecular weight excluding hydrogens is 142 g/mol. The summed E-state index contributed by atoms with van der Waals surface area (Å²) >= 11 is 2.08. The Morgan fingerprint density at radius 2 is 2.40 bits per heavy atom. The van der Waals surface area contributed by atoms with Crippen molar-refractivity contribution < 1.29 is 0 Å². The molecule has 1 aliphatic heterocycles. The van der Waals surface area contributed by atoms with E-state index in [1.54, 1.807) is 0 Å². The van der Waals surface area contributed by atoms with Crippen molar-refractivity contribution in [1.29, 1.82) is 0 Å². The third kappa shape index (κ3) is 2.93. The van der Waals surface area contributed by atoms with E-state index >= 15 is 0 Å². The maximum Gasteiger partial charge on any atom is 0.0160 e. The molecule has 10 heavy (non-hydrogen) atoms. The Kier molecular flexibility index (Phi) is 3.57.